The van der Waals surface area contributed by atoms with Crippen molar-refractivity contribution in [2.24, 2.45) is 5.92 Å². The fourth-order valence-corrected chi connectivity index (χ4v) is 3.61. The highest BCUT2D eigenvalue weighted by Gasteiger charge is 2.28. The predicted molar refractivity (Wildman–Crippen MR) is 82.4 cm³/mol. The molecule has 3 nitrogen and oxygen atoms in total. The summed E-state index contributed by atoms with van der Waals surface area (Å²) in [4.78, 5) is 14.4. The highest BCUT2D eigenvalue weighted by Crippen LogP contribution is 2.23. The number of benzene rings is 1. The van der Waals surface area contributed by atoms with Crippen LogP contribution < -0.4 is 0 Å². The molecule has 20 heavy (non-hydrogen) atoms. The first-order valence-electron chi connectivity index (χ1n) is 7.08. The molecule has 1 aliphatic heterocycles. The molecule has 1 amide bonds. The Hall–Kier alpha value is -1.47. The summed E-state index contributed by atoms with van der Waals surface area (Å²) in [6.07, 6.45) is 1.58. The van der Waals surface area contributed by atoms with Crippen LogP contribution in [0.1, 0.15) is 18.9 Å². The lowest BCUT2D eigenvalue weighted by atomic mass is 9.99. The topological polar surface area (TPSA) is 44.1 Å². The highest BCUT2D eigenvalue weighted by molar-refractivity contribution is 8.00. The maximum atomic E-state index is 12.5. The van der Waals surface area contributed by atoms with Crippen LogP contribution >= 0.6 is 11.8 Å². The number of hydrogen-bond acceptors (Lipinski definition) is 3. The van der Waals surface area contributed by atoms with Crippen molar-refractivity contribution in [2.75, 3.05) is 18.8 Å². The number of carbonyl (C=O) groups excluding carboxylic acids is 1. The van der Waals surface area contributed by atoms with E-state index in [0.29, 0.717) is 11.7 Å². The van der Waals surface area contributed by atoms with Gasteiger partial charge in [0.1, 0.15) is 5.92 Å². The summed E-state index contributed by atoms with van der Waals surface area (Å²) in [7, 11) is 0. The van der Waals surface area contributed by atoms with Gasteiger partial charge in [0.2, 0.25) is 5.91 Å². The van der Waals surface area contributed by atoms with Crippen molar-refractivity contribution in [3.8, 4) is 6.07 Å². The van der Waals surface area contributed by atoms with Gasteiger partial charge < -0.3 is 4.90 Å². The number of carbonyl (C=O) groups is 1. The van der Waals surface area contributed by atoms with E-state index in [0.717, 1.165) is 30.8 Å². The van der Waals surface area contributed by atoms with Crippen LogP contribution in [0, 0.1) is 17.2 Å². The molecule has 0 bridgehead atoms. The van der Waals surface area contributed by atoms with Crippen LogP contribution in [0.5, 0.6) is 0 Å². The Balaban J connectivity index is 2.00. The molecule has 2 rings (SSSR count). The SMILES string of the molecule is CCC1CN(C(=O)C(C#N)Cc2ccccc2)CCS1. The van der Waals surface area contributed by atoms with Gasteiger partial charge in [0, 0.05) is 24.1 Å². The van der Waals surface area contributed by atoms with Crippen LogP contribution in [-0.4, -0.2) is 34.9 Å². The fraction of sp³-hybridized carbons (Fsp3) is 0.500. The molecule has 0 aliphatic carbocycles. The lowest BCUT2D eigenvalue weighted by molar-refractivity contribution is -0.133. The summed E-state index contributed by atoms with van der Waals surface area (Å²) in [5.41, 5.74) is 1.05. The van der Waals surface area contributed by atoms with Gasteiger partial charge in [-0.25, -0.2) is 0 Å². The van der Waals surface area contributed by atoms with E-state index in [1.807, 2.05) is 47.0 Å². The summed E-state index contributed by atoms with van der Waals surface area (Å²) in [5, 5.41) is 9.83. The van der Waals surface area contributed by atoms with Crippen molar-refractivity contribution in [1.29, 1.82) is 5.26 Å². The minimum absolute atomic E-state index is 0.00453. The predicted octanol–water partition coefficient (Wildman–Crippen LogP) is 2.72. The molecule has 1 aromatic rings. The van der Waals surface area contributed by atoms with Crippen molar-refractivity contribution in [1.82, 2.24) is 4.90 Å². The van der Waals surface area contributed by atoms with Crippen LogP contribution in [0.4, 0.5) is 0 Å². The van der Waals surface area contributed by atoms with Crippen LogP contribution in [0.25, 0.3) is 0 Å². The van der Waals surface area contributed by atoms with Crippen molar-refractivity contribution in [3.63, 3.8) is 0 Å². The van der Waals surface area contributed by atoms with Gasteiger partial charge in [-0.15, -0.1) is 0 Å². The van der Waals surface area contributed by atoms with Gasteiger partial charge in [-0.2, -0.15) is 17.0 Å². The molecule has 1 saturated heterocycles. The van der Waals surface area contributed by atoms with Crippen molar-refractivity contribution >= 4 is 17.7 Å². The average molecular weight is 288 g/mol. The van der Waals surface area contributed by atoms with Gasteiger partial charge >= 0.3 is 0 Å². The zero-order chi connectivity index (χ0) is 14.4. The zero-order valence-electron chi connectivity index (χ0n) is 11.8. The molecule has 1 aromatic carbocycles. The number of nitriles is 1. The summed E-state index contributed by atoms with van der Waals surface area (Å²) >= 11 is 1.93. The molecular formula is C16H20N2OS. The third kappa shape index (κ3) is 3.77. The first kappa shape index (κ1) is 14.9. The normalized spacial score (nSPS) is 20.2. The molecule has 1 aliphatic rings. The fourth-order valence-electron chi connectivity index (χ4n) is 2.42. The lowest BCUT2D eigenvalue weighted by Crippen LogP contribution is -2.44. The second-order valence-corrected chi connectivity index (χ2v) is 6.46. The molecular weight excluding hydrogens is 268 g/mol. The van der Waals surface area contributed by atoms with Crippen LogP contribution in [0.3, 0.4) is 0 Å². The van der Waals surface area contributed by atoms with Gasteiger partial charge in [-0.05, 0) is 18.4 Å². The number of thioether (sulfide) groups is 1. The van der Waals surface area contributed by atoms with E-state index in [9.17, 15) is 10.1 Å². The third-order valence-electron chi connectivity index (χ3n) is 3.64. The largest absolute Gasteiger partial charge is 0.340 e. The first-order valence-corrected chi connectivity index (χ1v) is 8.13. The Morgan fingerprint density at radius 2 is 2.25 bits per heavy atom. The second kappa shape index (κ2) is 7.35. The Labute approximate surface area is 125 Å². The van der Waals surface area contributed by atoms with Gasteiger partial charge in [0.25, 0.3) is 0 Å². The number of nitrogens with zero attached hydrogens (tertiary/aromatic N) is 2. The standard InChI is InChI=1S/C16H20N2OS/c1-2-15-12-18(8-9-20-15)16(19)14(11-17)10-13-6-4-3-5-7-13/h3-7,14-15H,2,8-10,12H2,1H3. The summed E-state index contributed by atoms with van der Waals surface area (Å²) in [5.74, 6) is 0.418. The molecule has 0 spiro atoms. The minimum atomic E-state index is -0.557. The van der Waals surface area contributed by atoms with E-state index in [4.69, 9.17) is 0 Å². The maximum absolute atomic E-state index is 12.5. The van der Waals surface area contributed by atoms with Gasteiger partial charge in [0.15, 0.2) is 0 Å². The van der Waals surface area contributed by atoms with E-state index in [-0.39, 0.29) is 5.91 Å². The van der Waals surface area contributed by atoms with Gasteiger partial charge in [0.05, 0.1) is 6.07 Å². The molecule has 0 N–H and O–H groups in total. The quantitative estimate of drug-likeness (QED) is 0.855. The summed E-state index contributed by atoms with van der Waals surface area (Å²) in [6, 6.07) is 12.0. The molecule has 1 fully saturated rings. The van der Waals surface area contributed by atoms with Crippen molar-refractivity contribution in [2.45, 2.75) is 25.0 Å². The molecule has 4 heteroatoms. The van der Waals surface area contributed by atoms with E-state index < -0.39 is 5.92 Å². The Morgan fingerprint density at radius 3 is 2.90 bits per heavy atom. The van der Waals surface area contributed by atoms with E-state index in [1.54, 1.807) is 0 Å². The number of rotatable bonds is 4. The summed E-state index contributed by atoms with van der Waals surface area (Å²) < 4.78 is 0. The van der Waals surface area contributed by atoms with Gasteiger partial charge in [-0.3, -0.25) is 4.79 Å². The minimum Gasteiger partial charge on any atom is -0.340 e. The van der Waals surface area contributed by atoms with Crippen LogP contribution in [0.15, 0.2) is 30.3 Å². The second-order valence-electron chi connectivity index (χ2n) is 5.06. The molecule has 0 saturated carbocycles. The molecule has 106 valence electrons. The Kier molecular flexibility index (Phi) is 5.49. The van der Waals surface area contributed by atoms with Gasteiger partial charge in [-0.1, -0.05) is 37.3 Å². The average Bonchev–Trinajstić information content (AvgIpc) is 2.53. The van der Waals surface area contributed by atoms with Crippen LogP contribution in [0.2, 0.25) is 0 Å². The molecule has 0 aromatic heterocycles. The summed E-state index contributed by atoms with van der Waals surface area (Å²) in [6.45, 7) is 3.71. The Morgan fingerprint density at radius 1 is 1.50 bits per heavy atom. The van der Waals surface area contributed by atoms with E-state index in [2.05, 4.69) is 13.0 Å². The molecule has 2 atom stereocenters. The first-order chi connectivity index (χ1) is 9.74. The zero-order valence-corrected chi connectivity index (χ0v) is 12.6. The third-order valence-corrected chi connectivity index (χ3v) is 5.01. The van der Waals surface area contributed by atoms with Crippen molar-refractivity contribution in [3.05, 3.63) is 35.9 Å². The van der Waals surface area contributed by atoms with Crippen molar-refractivity contribution < 1.29 is 4.79 Å². The highest BCUT2D eigenvalue weighted by atomic mass is 32.2. The molecule has 0 radical (unpaired) electrons. The smallest absolute Gasteiger partial charge is 0.240 e. The number of hydrogen-bond donors (Lipinski definition) is 0. The monoisotopic (exact) mass is 288 g/mol. The molecule has 1 heterocycles. The lowest BCUT2D eigenvalue weighted by Gasteiger charge is -2.33. The van der Waals surface area contributed by atoms with E-state index in [1.165, 1.54) is 0 Å². The maximum Gasteiger partial charge on any atom is 0.240 e. The van der Waals surface area contributed by atoms with Crippen LogP contribution in [-0.2, 0) is 11.2 Å². The number of amides is 1. The molecule has 2 unspecified atom stereocenters. The Bertz CT molecular complexity index is 483. The van der Waals surface area contributed by atoms with E-state index >= 15 is 0 Å².